The third-order valence-corrected chi connectivity index (χ3v) is 4.60. The molecule has 5 nitrogen and oxygen atoms in total. The van der Waals surface area contributed by atoms with Gasteiger partial charge < -0.3 is 5.32 Å². The van der Waals surface area contributed by atoms with Crippen LogP contribution in [0.4, 0.5) is 5.69 Å². The molecule has 1 amide bonds. The fourth-order valence-electron chi connectivity index (χ4n) is 1.96. The van der Waals surface area contributed by atoms with Crippen LogP contribution < -0.4 is 5.32 Å². The molecule has 1 aromatic carbocycles. The Hall–Kier alpha value is -1.11. The van der Waals surface area contributed by atoms with Crippen molar-refractivity contribution in [2.45, 2.75) is 32.7 Å². The van der Waals surface area contributed by atoms with E-state index in [0.29, 0.717) is 10.7 Å². The van der Waals surface area contributed by atoms with Gasteiger partial charge in [0.15, 0.2) is 0 Å². The minimum absolute atomic E-state index is 0.0902. The van der Waals surface area contributed by atoms with Crippen molar-refractivity contribution in [3.05, 3.63) is 29.3 Å². The molecule has 0 radical (unpaired) electrons. The lowest BCUT2D eigenvalue weighted by atomic mass is 10.1. The van der Waals surface area contributed by atoms with Crippen LogP contribution in [0.15, 0.2) is 24.3 Å². The zero-order chi connectivity index (χ0) is 16.3. The molecule has 0 unspecified atom stereocenters. The van der Waals surface area contributed by atoms with Gasteiger partial charge in [0.25, 0.3) is 0 Å². The first-order valence-corrected chi connectivity index (χ1v) is 8.76. The van der Waals surface area contributed by atoms with E-state index in [0.717, 1.165) is 6.26 Å². The summed E-state index contributed by atoms with van der Waals surface area (Å²) in [6.07, 6.45) is 1.24. The van der Waals surface area contributed by atoms with E-state index in [2.05, 4.69) is 5.32 Å². The van der Waals surface area contributed by atoms with Crippen LogP contribution in [-0.2, 0) is 14.8 Å². The molecule has 0 saturated heterocycles. The molecule has 1 aromatic rings. The van der Waals surface area contributed by atoms with Crippen molar-refractivity contribution in [3.8, 4) is 0 Å². The highest BCUT2D eigenvalue weighted by molar-refractivity contribution is 7.88. The van der Waals surface area contributed by atoms with Crippen molar-refractivity contribution in [2.24, 2.45) is 0 Å². The lowest BCUT2D eigenvalue weighted by molar-refractivity contribution is -0.116. The number of hydrogen-bond acceptors (Lipinski definition) is 3. The second kappa shape index (κ2) is 6.77. The third kappa shape index (κ3) is 6.03. The Bertz CT molecular complexity index is 592. The normalized spacial score (nSPS) is 12.5. The van der Waals surface area contributed by atoms with E-state index in [4.69, 9.17) is 11.6 Å². The first kappa shape index (κ1) is 17.9. The van der Waals surface area contributed by atoms with Gasteiger partial charge in [-0.05, 0) is 45.0 Å². The Morgan fingerprint density at radius 1 is 1.24 bits per heavy atom. The molecular weight excluding hydrogens is 312 g/mol. The summed E-state index contributed by atoms with van der Waals surface area (Å²) in [6, 6.07) is 6.74. The van der Waals surface area contributed by atoms with Crippen molar-refractivity contribution in [2.75, 3.05) is 18.1 Å². The van der Waals surface area contributed by atoms with Gasteiger partial charge in [0.05, 0.1) is 6.26 Å². The van der Waals surface area contributed by atoms with Crippen LogP contribution in [0.2, 0.25) is 5.02 Å². The Balaban J connectivity index is 2.64. The molecule has 0 aromatic heterocycles. The average molecular weight is 333 g/mol. The van der Waals surface area contributed by atoms with Crippen LogP contribution >= 0.6 is 11.6 Å². The predicted molar refractivity (Wildman–Crippen MR) is 86.0 cm³/mol. The number of sulfonamides is 1. The summed E-state index contributed by atoms with van der Waals surface area (Å²) in [4.78, 5) is 11.9. The molecule has 0 heterocycles. The number of hydrogen-bond donors (Lipinski definition) is 1. The minimum Gasteiger partial charge on any atom is -0.326 e. The Labute approximate surface area is 131 Å². The molecule has 21 heavy (non-hydrogen) atoms. The number of carbonyl (C=O) groups is 1. The van der Waals surface area contributed by atoms with Gasteiger partial charge in [-0.25, -0.2) is 8.42 Å². The maximum absolute atomic E-state index is 11.9. The van der Waals surface area contributed by atoms with E-state index in [9.17, 15) is 13.2 Å². The Morgan fingerprint density at radius 3 is 2.19 bits per heavy atom. The van der Waals surface area contributed by atoms with Gasteiger partial charge in [-0.3, -0.25) is 4.79 Å². The fraction of sp³-hybridized carbons (Fsp3) is 0.500. The summed E-state index contributed by atoms with van der Waals surface area (Å²) in [7, 11) is -3.36. The number of anilines is 1. The summed E-state index contributed by atoms with van der Waals surface area (Å²) in [5.74, 6) is -0.241. The SMILES string of the molecule is CC(C)(C)N(CCC(=O)Nc1ccc(Cl)cc1)S(C)(=O)=O. The lowest BCUT2D eigenvalue weighted by Gasteiger charge is -2.33. The van der Waals surface area contributed by atoms with Crippen LogP contribution in [0.3, 0.4) is 0 Å². The smallest absolute Gasteiger partial charge is 0.225 e. The molecule has 0 atom stereocenters. The highest BCUT2D eigenvalue weighted by Gasteiger charge is 2.29. The molecule has 0 aliphatic carbocycles. The van der Waals surface area contributed by atoms with Crippen LogP contribution in [0.25, 0.3) is 0 Å². The molecule has 1 N–H and O–H groups in total. The second-order valence-corrected chi connectivity index (χ2v) is 8.15. The van der Waals surface area contributed by atoms with Crippen LogP contribution in [0, 0.1) is 0 Å². The lowest BCUT2D eigenvalue weighted by Crippen LogP contribution is -2.46. The van der Waals surface area contributed by atoms with E-state index < -0.39 is 15.6 Å². The molecule has 0 bridgehead atoms. The largest absolute Gasteiger partial charge is 0.326 e. The van der Waals surface area contributed by atoms with E-state index >= 15 is 0 Å². The van der Waals surface area contributed by atoms with Crippen LogP contribution in [-0.4, -0.2) is 37.0 Å². The molecule has 0 fully saturated rings. The number of benzene rings is 1. The maximum Gasteiger partial charge on any atom is 0.225 e. The summed E-state index contributed by atoms with van der Waals surface area (Å²) in [6.45, 7) is 5.53. The average Bonchev–Trinajstić information content (AvgIpc) is 2.28. The summed E-state index contributed by atoms with van der Waals surface area (Å²) < 4.78 is 24.9. The summed E-state index contributed by atoms with van der Waals surface area (Å²) >= 11 is 5.77. The van der Waals surface area contributed by atoms with E-state index in [1.54, 1.807) is 45.0 Å². The monoisotopic (exact) mass is 332 g/mol. The van der Waals surface area contributed by atoms with E-state index in [-0.39, 0.29) is 18.9 Å². The zero-order valence-electron chi connectivity index (χ0n) is 12.7. The van der Waals surface area contributed by atoms with E-state index in [1.165, 1.54) is 4.31 Å². The fourth-order valence-corrected chi connectivity index (χ4v) is 3.50. The van der Waals surface area contributed by atoms with Crippen LogP contribution in [0.5, 0.6) is 0 Å². The number of rotatable bonds is 5. The van der Waals surface area contributed by atoms with Gasteiger partial charge in [0.2, 0.25) is 15.9 Å². The van der Waals surface area contributed by atoms with Crippen molar-refractivity contribution in [1.82, 2.24) is 4.31 Å². The standard InChI is InChI=1S/C14H21ClN2O3S/c1-14(2,3)17(21(4,19)20)10-9-13(18)16-12-7-5-11(15)6-8-12/h5-8H,9-10H2,1-4H3,(H,16,18). The van der Waals surface area contributed by atoms with Crippen molar-refractivity contribution < 1.29 is 13.2 Å². The zero-order valence-corrected chi connectivity index (χ0v) is 14.3. The first-order valence-electron chi connectivity index (χ1n) is 6.53. The molecule has 0 spiro atoms. The Morgan fingerprint density at radius 2 is 1.76 bits per heavy atom. The predicted octanol–water partition coefficient (Wildman–Crippen LogP) is 2.73. The van der Waals surface area contributed by atoms with Crippen molar-refractivity contribution in [1.29, 1.82) is 0 Å². The molecule has 0 saturated carbocycles. The number of amides is 1. The second-order valence-electron chi connectivity index (χ2n) is 5.81. The van der Waals surface area contributed by atoms with Crippen LogP contribution in [0.1, 0.15) is 27.2 Å². The van der Waals surface area contributed by atoms with Gasteiger partial charge in [-0.2, -0.15) is 4.31 Å². The van der Waals surface area contributed by atoms with Gasteiger partial charge in [0.1, 0.15) is 0 Å². The van der Waals surface area contributed by atoms with Gasteiger partial charge >= 0.3 is 0 Å². The molecular formula is C14H21ClN2O3S. The number of nitrogens with zero attached hydrogens (tertiary/aromatic N) is 1. The summed E-state index contributed by atoms with van der Waals surface area (Å²) in [5, 5.41) is 3.30. The molecule has 1 rings (SSSR count). The molecule has 7 heteroatoms. The maximum atomic E-state index is 11.9. The number of carbonyl (C=O) groups excluding carboxylic acids is 1. The Kier molecular flexibility index (Phi) is 5.78. The highest BCUT2D eigenvalue weighted by atomic mass is 35.5. The molecule has 0 aliphatic heterocycles. The van der Waals surface area contributed by atoms with Crippen molar-refractivity contribution in [3.63, 3.8) is 0 Å². The van der Waals surface area contributed by atoms with Crippen molar-refractivity contribution >= 4 is 33.2 Å². The molecule has 0 aliphatic rings. The first-order chi connectivity index (χ1) is 9.50. The summed E-state index contributed by atoms with van der Waals surface area (Å²) in [5.41, 5.74) is 0.0692. The third-order valence-electron chi connectivity index (χ3n) is 2.82. The highest BCUT2D eigenvalue weighted by Crippen LogP contribution is 2.18. The van der Waals surface area contributed by atoms with Gasteiger partial charge in [-0.15, -0.1) is 0 Å². The topological polar surface area (TPSA) is 66.5 Å². The minimum atomic E-state index is -3.36. The van der Waals surface area contributed by atoms with Gasteiger partial charge in [-0.1, -0.05) is 11.6 Å². The van der Waals surface area contributed by atoms with Gasteiger partial charge in [0, 0.05) is 29.2 Å². The molecule has 118 valence electrons. The number of halogens is 1. The quantitative estimate of drug-likeness (QED) is 0.901. The number of nitrogens with one attached hydrogen (secondary N) is 1. The van der Waals surface area contributed by atoms with E-state index in [1.807, 2.05) is 0 Å².